The molecule has 1 aromatic carbocycles. The van der Waals surface area contributed by atoms with Crippen molar-refractivity contribution < 1.29 is 5.11 Å². The molecule has 2 atom stereocenters. The predicted octanol–water partition coefficient (Wildman–Crippen LogP) is 2.02. The van der Waals surface area contributed by atoms with Crippen LogP contribution in [0.3, 0.4) is 0 Å². The van der Waals surface area contributed by atoms with Crippen molar-refractivity contribution in [3.63, 3.8) is 0 Å². The molecule has 1 aliphatic rings. The maximum atomic E-state index is 9.70. The second-order valence-electron chi connectivity index (χ2n) is 5.17. The van der Waals surface area contributed by atoms with Crippen molar-refractivity contribution in [3.8, 4) is 0 Å². The molecule has 0 radical (unpaired) electrons. The van der Waals surface area contributed by atoms with E-state index in [1.165, 1.54) is 5.69 Å². The van der Waals surface area contributed by atoms with Crippen LogP contribution in [0.5, 0.6) is 0 Å². The molecule has 1 saturated carbocycles. The first-order valence-corrected chi connectivity index (χ1v) is 6.95. The first-order chi connectivity index (χ1) is 8.77. The number of hydrogen-bond acceptors (Lipinski definition) is 3. The fourth-order valence-corrected chi connectivity index (χ4v) is 2.59. The fourth-order valence-electron chi connectivity index (χ4n) is 2.59. The number of nitrogens with zero attached hydrogens (tertiary/aromatic N) is 1. The van der Waals surface area contributed by atoms with Crippen LogP contribution in [-0.2, 0) is 0 Å². The summed E-state index contributed by atoms with van der Waals surface area (Å²) in [4.78, 5) is 2.27. The van der Waals surface area contributed by atoms with Crippen molar-refractivity contribution in [1.82, 2.24) is 5.32 Å². The second kappa shape index (κ2) is 6.76. The molecular formula is C15H24N2O. The Balaban J connectivity index is 1.63. The summed E-state index contributed by atoms with van der Waals surface area (Å²) in [6.07, 6.45) is 4.21. The molecule has 2 N–H and O–H groups in total. The van der Waals surface area contributed by atoms with E-state index >= 15 is 0 Å². The predicted molar refractivity (Wildman–Crippen MR) is 76.0 cm³/mol. The van der Waals surface area contributed by atoms with Gasteiger partial charge in [0.2, 0.25) is 0 Å². The first-order valence-electron chi connectivity index (χ1n) is 6.95. The number of aliphatic hydroxyl groups is 1. The molecule has 1 aromatic rings. The minimum Gasteiger partial charge on any atom is -0.392 e. The average Bonchev–Trinajstić information content (AvgIpc) is 2.81. The Morgan fingerprint density at radius 2 is 2.06 bits per heavy atom. The Kier molecular flexibility index (Phi) is 5.02. The molecule has 3 nitrogen and oxygen atoms in total. The Labute approximate surface area is 110 Å². The van der Waals surface area contributed by atoms with E-state index in [2.05, 4.69) is 41.5 Å². The summed E-state index contributed by atoms with van der Waals surface area (Å²) in [5, 5.41) is 13.2. The van der Waals surface area contributed by atoms with Gasteiger partial charge in [-0.2, -0.15) is 0 Å². The zero-order valence-corrected chi connectivity index (χ0v) is 11.2. The third-order valence-electron chi connectivity index (χ3n) is 3.75. The lowest BCUT2D eigenvalue weighted by Gasteiger charge is -2.21. The van der Waals surface area contributed by atoms with Crippen molar-refractivity contribution >= 4 is 5.69 Å². The molecule has 18 heavy (non-hydrogen) atoms. The van der Waals surface area contributed by atoms with Crippen LogP contribution in [0.4, 0.5) is 5.69 Å². The first kappa shape index (κ1) is 13.4. The van der Waals surface area contributed by atoms with Gasteiger partial charge in [-0.25, -0.2) is 0 Å². The molecule has 0 amide bonds. The van der Waals surface area contributed by atoms with Crippen LogP contribution in [0.15, 0.2) is 30.3 Å². The van der Waals surface area contributed by atoms with Gasteiger partial charge in [0.1, 0.15) is 0 Å². The van der Waals surface area contributed by atoms with E-state index in [4.69, 9.17) is 0 Å². The fraction of sp³-hybridized carbons (Fsp3) is 0.600. The zero-order chi connectivity index (χ0) is 12.8. The van der Waals surface area contributed by atoms with Crippen molar-refractivity contribution in [3.05, 3.63) is 30.3 Å². The highest BCUT2D eigenvalue weighted by Gasteiger charge is 2.23. The molecule has 3 heteroatoms. The SMILES string of the molecule is CN(CCCN[C@H]1CCC[C@@H]1O)c1ccccc1. The van der Waals surface area contributed by atoms with E-state index in [9.17, 15) is 5.11 Å². The number of hydrogen-bond donors (Lipinski definition) is 2. The number of nitrogens with one attached hydrogen (secondary N) is 1. The maximum absolute atomic E-state index is 9.70. The van der Waals surface area contributed by atoms with Crippen LogP contribution in [0.25, 0.3) is 0 Å². The normalized spacial score (nSPS) is 23.2. The standard InChI is InChI=1S/C15H24N2O/c1-17(13-7-3-2-4-8-13)12-6-11-16-14-9-5-10-15(14)18/h2-4,7-8,14-16,18H,5-6,9-12H2,1H3/t14-,15-/m0/s1. The van der Waals surface area contributed by atoms with Gasteiger partial charge in [-0.1, -0.05) is 18.2 Å². The monoisotopic (exact) mass is 248 g/mol. The van der Waals surface area contributed by atoms with Crippen molar-refractivity contribution in [1.29, 1.82) is 0 Å². The van der Waals surface area contributed by atoms with Crippen LogP contribution < -0.4 is 10.2 Å². The smallest absolute Gasteiger partial charge is 0.0693 e. The molecule has 1 aliphatic carbocycles. The van der Waals surface area contributed by atoms with Gasteiger partial charge in [0.05, 0.1) is 6.10 Å². The molecule has 0 aromatic heterocycles. The van der Waals surface area contributed by atoms with Gasteiger partial charge >= 0.3 is 0 Å². The summed E-state index contributed by atoms with van der Waals surface area (Å²) in [6, 6.07) is 10.8. The Bertz CT molecular complexity index is 342. The lowest BCUT2D eigenvalue weighted by molar-refractivity contribution is 0.149. The summed E-state index contributed by atoms with van der Waals surface area (Å²) in [5.41, 5.74) is 1.26. The molecule has 0 aliphatic heterocycles. The molecule has 0 saturated heterocycles. The van der Waals surface area contributed by atoms with Gasteiger partial charge in [0, 0.05) is 25.3 Å². The second-order valence-corrected chi connectivity index (χ2v) is 5.17. The summed E-state index contributed by atoms with van der Waals surface area (Å²) < 4.78 is 0. The minimum atomic E-state index is -0.128. The Morgan fingerprint density at radius 3 is 2.72 bits per heavy atom. The molecule has 2 rings (SSSR count). The number of benzene rings is 1. The van der Waals surface area contributed by atoms with Crippen molar-refractivity contribution in [2.45, 2.75) is 37.8 Å². The van der Waals surface area contributed by atoms with E-state index in [0.717, 1.165) is 38.8 Å². The summed E-state index contributed by atoms with van der Waals surface area (Å²) in [7, 11) is 2.12. The Hall–Kier alpha value is -1.06. The molecule has 0 bridgehead atoms. The van der Waals surface area contributed by atoms with E-state index in [1.807, 2.05) is 6.07 Å². The van der Waals surface area contributed by atoms with Crippen LogP contribution in [0.2, 0.25) is 0 Å². The molecular weight excluding hydrogens is 224 g/mol. The van der Waals surface area contributed by atoms with Crippen molar-refractivity contribution in [2.75, 3.05) is 25.0 Å². The summed E-state index contributed by atoms with van der Waals surface area (Å²) in [5.74, 6) is 0. The number of rotatable bonds is 6. The van der Waals surface area contributed by atoms with Gasteiger partial charge in [0.15, 0.2) is 0 Å². The summed E-state index contributed by atoms with van der Waals surface area (Å²) >= 11 is 0. The van der Waals surface area contributed by atoms with E-state index in [0.29, 0.717) is 6.04 Å². The van der Waals surface area contributed by atoms with Gasteiger partial charge in [-0.3, -0.25) is 0 Å². The highest BCUT2D eigenvalue weighted by Crippen LogP contribution is 2.18. The van der Waals surface area contributed by atoms with Crippen LogP contribution in [0.1, 0.15) is 25.7 Å². The maximum Gasteiger partial charge on any atom is 0.0693 e. The van der Waals surface area contributed by atoms with E-state index < -0.39 is 0 Å². The third kappa shape index (κ3) is 3.72. The molecule has 0 heterocycles. The molecule has 100 valence electrons. The van der Waals surface area contributed by atoms with Gasteiger partial charge < -0.3 is 15.3 Å². The lowest BCUT2D eigenvalue weighted by Crippen LogP contribution is -2.37. The van der Waals surface area contributed by atoms with Crippen LogP contribution >= 0.6 is 0 Å². The number of para-hydroxylation sites is 1. The largest absolute Gasteiger partial charge is 0.392 e. The third-order valence-corrected chi connectivity index (χ3v) is 3.75. The lowest BCUT2D eigenvalue weighted by atomic mass is 10.2. The van der Waals surface area contributed by atoms with Crippen LogP contribution in [-0.4, -0.2) is 37.4 Å². The minimum absolute atomic E-state index is 0.128. The topological polar surface area (TPSA) is 35.5 Å². The highest BCUT2D eigenvalue weighted by molar-refractivity contribution is 5.44. The quantitative estimate of drug-likeness (QED) is 0.756. The van der Waals surface area contributed by atoms with Gasteiger partial charge in [0.25, 0.3) is 0 Å². The number of aliphatic hydroxyl groups excluding tert-OH is 1. The zero-order valence-electron chi connectivity index (χ0n) is 11.2. The van der Waals surface area contributed by atoms with Crippen molar-refractivity contribution in [2.24, 2.45) is 0 Å². The van der Waals surface area contributed by atoms with Gasteiger partial charge in [-0.15, -0.1) is 0 Å². The van der Waals surface area contributed by atoms with E-state index in [-0.39, 0.29) is 6.10 Å². The van der Waals surface area contributed by atoms with E-state index in [1.54, 1.807) is 0 Å². The average molecular weight is 248 g/mol. The Morgan fingerprint density at radius 1 is 1.28 bits per heavy atom. The van der Waals surface area contributed by atoms with Crippen LogP contribution in [0, 0.1) is 0 Å². The molecule has 0 unspecified atom stereocenters. The number of anilines is 1. The van der Waals surface area contributed by atoms with Gasteiger partial charge in [-0.05, 0) is 44.4 Å². The molecule has 1 fully saturated rings. The summed E-state index contributed by atoms with van der Waals surface area (Å²) in [6.45, 7) is 2.03. The highest BCUT2D eigenvalue weighted by atomic mass is 16.3. The molecule has 0 spiro atoms.